The molecule has 106 valence electrons. The Kier molecular flexibility index (Phi) is 5.44. The largest absolute Gasteiger partial charge is 0.383 e. The molecule has 0 bridgehead atoms. The van der Waals surface area contributed by atoms with E-state index in [1.165, 1.54) is 19.2 Å². The summed E-state index contributed by atoms with van der Waals surface area (Å²) in [6.07, 6.45) is 0. The number of halogens is 1. The fourth-order valence-corrected chi connectivity index (χ4v) is 2.79. The van der Waals surface area contributed by atoms with Crippen molar-refractivity contribution in [2.24, 2.45) is 0 Å². The molecule has 0 aliphatic rings. The minimum atomic E-state index is -3.98. The quantitative estimate of drug-likeness (QED) is 0.839. The third-order valence-corrected chi connectivity index (χ3v) is 3.96. The highest BCUT2D eigenvalue weighted by Gasteiger charge is 2.23. The molecule has 5 nitrogen and oxygen atoms in total. The van der Waals surface area contributed by atoms with E-state index in [1.54, 1.807) is 6.92 Å². The number of benzene rings is 1. The lowest BCUT2D eigenvalue weighted by Crippen LogP contribution is -2.39. The molecule has 1 atom stereocenters. The smallest absolute Gasteiger partial charge is 0.235 e. The molecule has 7 heteroatoms. The van der Waals surface area contributed by atoms with E-state index < -0.39 is 32.2 Å². The van der Waals surface area contributed by atoms with Gasteiger partial charge in [-0.1, -0.05) is 12.1 Å². The van der Waals surface area contributed by atoms with Crippen LogP contribution in [0.2, 0.25) is 0 Å². The van der Waals surface area contributed by atoms with E-state index in [1.807, 2.05) is 0 Å². The van der Waals surface area contributed by atoms with Crippen LogP contribution in [0.4, 0.5) is 4.39 Å². The topological polar surface area (TPSA) is 72.5 Å². The number of methoxy groups -OCH3 is 1. The van der Waals surface area contributed by atoms with E-state index in [4.69, 9.17) is 4.74 Å². The third-order valence-electron chi connectivity index (χ3n) is 2.32. The Bertz CT molecular complexity index is 544. The summed E-state index contributed by atoms with van der Waals surface area (Å²) in [4.78, 5) is 11.1. The molecule has 0 radical (unpaired) electrons. The van der Waals surface area contributed by atoms with Crippen molar-refractivity contribution in [3.05, 3.63) is 30.1 Å². The van der Waals surface area contributed by atoms with Crippen LogP contribution in [0.3, 0.4) is 0 Å². The average molecular weight is 289 g/mol. The van der Waals surface area contributed by atoms with E-state index in [0.717, 1.165) is 12.1 Å². The van der Waals surface area contributed by atoms with Crippen molar-refractivity contribution in [3.63, 3.8) is 0 Å². The lowest BCUT2D eigenvalue weighted by atomic mass is 10.3. The Morgan fingerprint density at radius 1 is 1.42 bits per heavy atom. The monoisotopic (exact) mass is 289 g/mol. The van der Waals surface area contributed by atoms with Crippen molar-refractivity contribution in [1.29, 1.82) is 0 Å². The lowest BCUT2D eigenvalue weighted by molar-refractivity contribution is -0.119. The van der Waals surface area contributed by atoms with Crippen molar-refractivity contribution in [2.75, 3.05) is 19.5 Å². The van der Waals surface area contributed by atoms with Gasteiger partial charge in [0, 0.05) is 13.2 Å². The number of rotatable bonds is 6. The molecule has 1 N–H and O–H groups in total. The standard InChI is InChI=1S/C12H16FNO4S/c1-9(7-18-2)14-12(15)8-19(16,17)11-6-4-3-5-10(11)13/h3-6,9H,7-8H2,1-2H3,(H,14,15)/t9-/m0/s1. The second kappa shape index (κ2) is 6.63. The molecule has 1 aromatic carbocycles. The molecule has 0 heterocycles. The number of sulfone groups is 1. The van der Waals surface area contributed by atoms with Crippen LogP contribution in [0.1, 0.15) is 6.92 Å². The molecule has 0 fully saturated rings. The summed E-state index contributed by atoms with van der Waals surface area (Å²) < 4.78 is 41.9. The molecule has 0 spiro atoms. The summed E-state index contributed by atoms with van der Waals surface area (Å²) in [5, 5.41) is 2.46. The first-order valence-corrected chi connectivity index (χ1v) is 7.27. The van der Waals surface area contributed by atoms with E-state index in [-0.39, 0.29) is 12.6 Å². The van der Waals surface area contributed by atoms with Gasteiger partial charge in [-0.15, -0.1) is 0 Å². The first kappa shape index (κ1) is 15.6. The van der Waals surface area contributed by atoms with Gasteiger partial charge in [-0.3, -0.25) is 4.79 Å². The zero-order valence-electron chi connectivity index (χ0n) is 10.7. The number of ether oxygens (including phenoxy) is 1. The number of amides is 1. The van der Waals surface area contributed by atoms with Gasteiger partial charge >= 0.3 is 0 Å². The predicted molar refractivity (Wildman–Crippen MR) is 67.9 cm³/mol. The molecule has 0 aromatic heterocycles. The maximum Gasteiger partial charge on any atom is 0.235 e. The Morgan fingerprint density at radius 3 is 2.63 bits per heavy atom. The van der Waals surface area contributed by atoms with Crippen molar-refractivity contribution in [1.82, 2.24) is 5.32 Å². The number of carbonyl (C=O) groups excluding carboxylic acids is 1. The van der Waals surface area contributed by atoms with E-state index in [9.17, 15) is 17.6 Å². The Morgan fingerprint density at radius 2 is 2.05 bits per heavy atom. The van der Waals surface area contributed by atoms with Crippen molar-refractivity contribution in [3.8, 4) is 0 Å². The summed E-state index contributed by atoms with van der Waals surface area (Å²) in [5.41, 5.74) is 0. The van der Waals surface area contributed by atoms with Gasteiger partial charge in [0.15, 0.2) is 9.84 Å². The van der Waals surface area contributed by atoms with Crippen molar-refractivity contribution >= 4 is 15.7 Å². The summed E-state index contributed by atoms with van der Waals surface area (Å²) >= 11 is 0. The molecule has 0 aliphatic carbocycles. The van der Waals surface area contributed by atoms with Crippen LogP contribution in [-0.4, -0.2) is 39.8 Å². The number of carbonyl (C=O) groups is 1. The molecule has 1 amide bonds. The molecule has 0 saturated heterocycles. The molecular formula is C12H16FNO4S. The number of hydrogen-bond donors (Lipinski definition) is 1. The van der Waals surface area contributed by atoms with Crippen LogP contribution in [-0.2, 0) is 19.4 Å². The van der Waals surface area contributed by atoms with Crippen LogP contribution in [0.5, 0.6) is 0 Å². The zero-order valence-corrected chi connectivity index (χ0v) is 11.5. The Labute approximate surface area is 111 Å². The van der Waals surface area contributed by atoms with Gasteiger partial charge in [0.05, 0.1) is 6.61 Å². The fraction of sp³-hybridized carbons (Fsp3) is 0.417. The molecule has 19 heavy (non-hydrogen) atoms. The number of hydrogen-bond acceptors (Lipinski definition) is 4. The van der Waals surface area contributed by atoms with Gasteiger partial charge in [0.25, 0.3) is 0 Å². The zero-order chi connectivity index (χ0) is 14.5. The van der Waals surface area contributed by atoms with Gasteiger partial charge in [0.2, 0.25) is 5.91 Å². The lowest BCUT2D eigenvalue weighted by Gasteiger charge is -2.12. The van der Waals surface area contributed by atoms with Crippen molar-refractivity contribution in [2.45, 2.75) is 17.9 Å². The van der Waals surface area contributed by atoms with Crippen LogP contribution < -0.4 is 5.32 Å². The van der Waals surface area contributed by atoms with Gasteiger partial charge in [-0.25, -0.2) is 12.8 Å². The summed E-state index contributed by atoms with van der Waals surface area (Å²) in [6.45, 7) is 1.95. The van der Waals surface area contributed by atoms with Gasteiger partial charge in [-0.2, -0.15) is 0 Å². The number of nitrogens with one attached hydrogen (secondary N) is 1. The third kappa shape index (κ3) is 4.60. The first-order valence-electron chi connectivity index (χ1n) is 5.62. The molecular weight excluding hydrogens is 273 g/mol. The maximum atomic E-state index is 13.4. The van der Waals surface area contributed by atoms with Crippen LogP contribution >= 0.6 is 0 Å². The van der Waals surface area contributed by atoms with Crippen molar-refractivity contribution < 1.29 is 22.3 Å². The predicted octanol–water partition coefficient (Wildman–Crippen LogP) is 0.750. The highest BCUT2D eigenvalue weighted by atomic mass is 32.2. The second-order valence-electron chi connectivity index (χ2n) is 4.11. The van der Waals surface area contributed by atoms with Gasteiger partial charge in [-0.05, 0) is 19.1 Å². The van der Waals surface area contributed by atoms with Crippen LogP contribution in [0, 0.1) is 5.82 Å². The highest BCUT2D eigenvalue weighted by molar-refractivity contribution is 7.92. The summed E-state index contributed by atoms with van der Waals surface area (Å²) in [6, 6.07) is 4.65. The molecule has 1 rings (SSSR count). The van der Waals surface area contributed by atoms with E-state index >= 15 is 0 Å². The Hall–Kier alpha value is -1.47. The minimum Gasteiger partial charge on any atom is -0.383 e. The van der Waals surface area contributed by atoms with Crippen LogP contribution in [0.15, 0.2) is 29.2 Å². The first-order chi connectivity index (χ1) is 8.86. The molecule has 0 aliphatic heterocycles. The highest BCUT2D eigenvalue weighted by Crippen LogP contribution is 2.15. The average Bonchev–Trinajstić information content (AvgIpc) is 2.28. The van der Waals surface area contributed by atoms with Gasteiger partial charge < -0.3 is 10.1 Å². The summed E-state index contributed by atoms with van der Waals surface area (Å²) in [7, 11) is -2.51. The molecule has 0 saturated carbocycles. The SMILES string of the molecule is COC[C@H](C)NC(=O)CS(=O)(=O)c1ccccc1F. The van der Waals surface area contributed by atoms with Crippen LogP contribution in [0.25, 0.3) is 0 Å². The molecule has 1 aromatic rings. The maximum absolute atomic E-state index is 13.4. The Balaban J connectivity index is 2.76. The fourth-order valence-electron chi connectivity index (χ4n) is 1.56. The normalized spacial score (nSPS) is 13.0. The van der Waals surface area contributed by atoms with E-state index in [2.05, 4.69) is 5.32 Å². The summed E-state index contributed by atoms with van der Waals surface area (Å²) in [5.74, 6) is -2.34. The van der Waals surface area contributed by atoms with E-state index in [0.29, 0.717) is 0 Å². The second-order valence-corrected chi connectivity index (χ2v) is 6.07. The molecule has 0 unspecified atom stereocenters. The minimum absolute atomic E-state index is 0.269. The van der Waals surface area contributed by atoms with Gasteiger partial charge in [0.1, 0.15) is 16.5 Å².